The molecular formula is C18H20O3. The molecule has 0 fully saturated rings. The average molecular weight is 284 g/mol. The first kappa shape index (κ1) is 15.3. The molecular weight excluding hydrogens is 264 g/mol. The molecule has 0 amide bonds. The Morgan fingerprint density at radius 3 is 1.71 bits per heavy atom. The van der Waals surface area contributed by atoms with Gasteiger partial charge in [0, 0.05) is 19.4 Å². The van der Waals surface area contributed by atoms with Crippen molar-refractivity contribution in [3.8, 4) is 0 Å². The second-order valence-corrected chi connectivity index (χ2v) is 5.06. The van der Waals surface area contributed by atoms with Crippen molar-refractivity contribution in [2.24, 2.45) is 0 Å². The number of hydrogen-bond donors (Lipinski definition) is 1. The van der Waals surface area contributed by atoms with Crippen molar-refractivity contribution in [1.82, 2.24) is 0 Å². The van der Waals surface area contributed by atoms with Gasteiger partial charge in [0.05, 0.1) is 0 Å². The molecule has 2 aromatic rings. The molecule has 0 radical (unpaired) electrons. The highest BCUT2D eigenvalue weighted by molar-refractivity contribution is 5.78. The summed E-state index contributed by atoms with van der Waals surface area (Å²) in [5.41, 5.74) is 0.700. The van der Waals surface area contributed by atoms with Crippen LogP contribution in [0.2, 0.25) is 0 Å². The zero-order valence-corrected chi connectivity index (χ0v) is 12.2. The van der Waals surface area contributed by atoms with Crippen molar-refractivity contribution in [1.29, 1.82) is 0 Å². The number of benzene rings is 2. The average Bonchev–Trinajstić information content (AvgIpc) is 2.49. The van der Waals surface area contributed by atoms with Crippen LogP contribution in [0.3, 0.4) is 0 Å². The second-order valence-electron chi connectivity index (χ2n) is 5.06. The lowest BCUT2D eigenvalue weighted by molar-refractivity contribution is -0.165. The highest BCUT2D eigenvalue weighted by Gasteiger charge is 2.39. The summed E-state index contributed by atoms with van der Waals surface area (Å²) in [6.45, 7) is 2.19. The third-order valence-corrected chi connectivity index (χ3v) is 3.48. The molecule has 0 aliphatic heterocycles. The molecule has 0 spiro atoms. The Morgan fingerprint density at radius 2 is 1.38 bits per heavy atom. The van der Waals surface area contributed by atoms with Crippen molar-refractivity contribution in [3.05, 3.63) is 71.8 Å². The number of carbonyl (C=O) groups is 1. The fourth-order valence-electron chi connectivity index (χ4n) is 2.51. The van der Waals surface area contributed by atoms with Crippen molar-refractivity contribution >= 4 is 5.97 Å². The van der Waals surface area contributed by atoms with Crippen LogP contribution < -0.4 is 0 Å². The Labute approximate surface area is 125 Å². The van der Waals surface area contributed by atoms with Gasteiger partial charge in [0.1, 0.15) is 0 Å². The van der Waals surface area contributed by atoms with Crippen LogP contribution in [0.25, 0.3) is 0 Å². The second kappa shape index (κ2) is 7.04. The lowest BCUT2D eigenvalue weighted by Gasteiger charge is -2.29. The lowest BCUT2D eigenvalue weighted by atomic mass is 9.87. The summed E-state index contributed by atoms with van der Waals surface area (Å²) >= 11 is 0. The Kier molecular flexibility index (Phi) is 5.12. The Hall–Kier alpha value is -2.13. The van der Waals surface area contributed by atoms with E-state index in [-0.39, 0.29) is 0 Å². The smallest absolute Gasteiger partial charge is 0.336 e. The van der Waals surface area contributed by atoms with Crippen LogP contribution in [-0.2, 0) is 22.4 Å². The molecule has 2 rings (SSSR count). The Balaban J connectivity index is 2.31. The highest BCUT2D eigenvalue weighted by Crippen LogP contribution is 2.24. The number of ether oxygens (including phenoxy) is 1. The molecule has 0 aliphatic carbocycles. The third kappa shape index (κ3) is 3.92. The molecule has 110 valence electrons. The summed E-state index contributed by atoms with van der Waals surface area (Å²) in [4.78, 5) is 11.9. The van der Waals surface area contributed by atoms with Gasteiger partial charge < -0.3 is 9.84 Å². The Morgan fingerprint density at radius 1 is 0.952 bits per heavy atom. The zero-order chi connectivity index (χ0) is 15.1. The van der Waals surface area contributed by atoms with Crippen LogP contribution in [0, 0.1) is 0 Å². The lowest BCUT2D eigenvalue weighted by Crippen LogP contribution is -2.46. The van der Waals surface area contributed by atoms with E-state index in [4.69, 9.17) is 4.74 Å². The van der Waals surface area contributed by atoms with E-state index in [0.29, 0.717) is 19.4 Å². The molecule has 0 saturated heterocycles. The van der Waals surface area contributed by atoms with Gasteiger partial charge in [-0.1, -0.05) is 60.7 Å². The molecule has 0 aliphatic rings. The van der Waals surface area contributed by atoms with Gasteiger partial charge in [0.15, 0.2) is 5.60 Å². The van der Waals surface area contributed by atoms with Crippen LogP contribution in [0.15, 0.2) is 60.7 Å². The molecule has 0 aromatic heterocycles. The predicted molar refractivity (Wildman–Crippen MR) is 82.3 cm³/mol. The first-order valence-corrected chi connectivity index (χ1v) is 7.11. The van der Waals surface area contributed by atoms with Crippen LogP contribution in [0.5, 0.6) is 0 Å². The molecule has 0 bridgehead atoms. The number of rotatable bonds is 7. The first-order valence-electron chi connectivity index (χ1n) is 7.11. The SMILES string of the molecule is CCOC(Cc1ccccc1)(Cc1ccccc1)C(=O)O. The van der Waals surface area contributed by atoms with Gasteiger partial charge >= 0.3 is 5.97 Å². The van der Waals surface area contributed by atoms with Crippen LogP contribution in [0.4, 0.5) is 0 Å². The van der Waals surface area contributed by atoms with Gasteiger partial charge in [0.2, 0.25) is 0 Å². The molecule has 21 heavy (non-hydrogen) atoms. The largest absolute Gasteiger partial charge is 0.479 e. The fourth-order valence-corrected chi connectivity index (χ4v) is 2.51. The van der Waals surface area contributed by atoms with Gasteiger partial charge in [-0.15, -0.1) is 0 Å². The predicted octanol–water partition coefficient (Wildman–Crippen LogP) is 3.33. The minimum absolute atomic E-state index is 0.353. The summed E-state index contributed by atoms with van der Waals surface area (Å²) < 4.78 is 5.70. The van der Waals surface area contributed by atoms with E-state index in [1.807, 2.05) is 67.6 Å². The number of aliphatic carboxylic acids is 1. The van der Waals surface area contributed by atoms with E-state index in [1.54, 1.807) is 0 Å². The third-order valence-electron chi connectivity index (χ3n) is 3.48. The van der Waals surface area contributed by atoms with Gasteiger partial charge in [-0.25, -0.2) is 4.79 Å². The van der Waals surface area contributed by atoms with Gasteiger partial charge in [0.25, 0.3) is 0 Å². The van der Waals surface area contributed by atoms with Crippen molar-refractivity contribution in [2.45, 2.75) is 25.4 Å². The van der Waals surface area contributed by atoms with Crippen molar-refractivity contribution in [2.75, 3.05) is 6.61 Å². The molecule has 3 nitrogen and oxygen atoms in total. The molecule has 3 heteroatoms. The number of carboxylic acids is 1. The molecule has 0 unspecified atom stereocenters. The topological polar surface area (TPSA) is 46.5 Å². The minimum atomic E-state index is -1.22. The highest BCUT2D eigenvalue weighted by atomic mass is 16.5. The van der Waals surface area contributed by atoms with Crippen LogP contribution >= 0.6 is 0 Å². The summed E-state index contributed by atoms with van der Waals surface area (Å²) in [5.74, 6) is -0.919. The van der Waals surface area contributed by atoms with Gasteiger partial charge in [-0.2, -0.15) is 0 Å². The maximum atomic E-state index is 11.9. The molecule has 0 atom stereocenters. The maximum Gasteiger partial charge on any atom is 0.336 e. The summed E-state index contributed by atoms with van der Waals surface area (Å²) in [5, 5.41) is 9.75. The van der Waals surface area contributed by atoms with E-state index >= 15 is 0 Å². The fraction of sp³-hybridized carbons (Fsp3) is 0.278. The first-order chi connectivity index (χ1) is 10.2. The summed E-state index contributed by atoms with van der Waals surface area (Å²) in [6.07, 6.45) is 0.706. The molecule has 0 saturated carbocycles. The van der Waals surface area contributed by atoms with Crippen molar-refractivity contribution < 1.29 is 14.6 Å². The van der Waals surface area contributed by atoms with Gasteiger partial charge in [-0.3, -0.25) is 0 Å². The maximum absolute atomic E-state index is 11.9. The summed E-state index contributed by atoms with van der Waals surface area (Å²) in [7, 11) is 0. The van der Waals surface area contributed by atoms with E-state index in [2.05, 4.69) is 0 Å². The summed E-state index contributed by atoms with van der Waals surface area (Å²) in [6, 6.07) is 19.2. The zero-order valence-electron chi connectivity index (χ0n) is 12.2. The van der Waals surface area contributed by atoms with Gasteiger partial charge in [-0.05, 0) is 18.1 Å². The van der Waals surface area contributed by atoms with E-state index < -0.39 is 11.6 Å². The van der Waals surface area contributed by atoms with E-state index in [9.17, 15) is 9.90 Å². The molecule has 2 aromatic carbocycles. The van der Waals surface area contributed by atoms with E-state index in [0.717, 1.165) is 11.1 Å². The van der Waals surface area contributed by atoms with Crippen LogP contribution in [0.1, 0.15) is 18.1 Å². The van der Waals surface area contributed by atoms with Crippen molar-refractivity contribution in [3.63, 3.8) is 0 Å². The van der Waals surface area contributed by atoms with E-state index in [1.165, 1.54) is 0 Å². The standard InChI is InChI=1S/C18H20O3/c1-2-21-18(17(19)20,13-15-9-5-3-6-10-15)14-16-11-7-4-8-12-16/h3-12H,2,13-14H2,1H3,(H,19,20). The quantitative estimate of drug-likeness (QED) is 0.848. The number of hydrogen-bond acceptors (Lipinski definition) is 2. The molecule has 0 heterocycles. The Bertz CT molecular complexity index is 522. The van der Waals surface area contributed by atoms with Crippen LogP contribution in [-0.4, -0.2) is 23.3 Å². The minimum Gasteiger partial charge on any atom is -0.479 e. The molecule has 1 N–H and O–H groups in total. The number of carboxylic acid groups (broad SMARTS) is 1. The monoisotopic (exact) mass is 284 g/mol. The normalized spacial score (nSPS) is 11.3.